The predicted molar refractivity (Wildman–Crippen MR) is 73.2 cm³/mol. The lowest BCUT2D eigenvalue weighted by Gasteiger charge is -2.16. The van der Waals surface area contributed by atoms with Crippen LogP contribution in [0.15, 0.2) is 18.2 Å². The monoisotopic (exact) mass is 281 g/mol. The van der Waals surface area contributed by atoms with Crippen molar-refractivity contribution in [3.05, 3.63) is 29.6 Å². The third-order valence-electron chi connectivity index (χ3n) is 3.79. The third kappa shape index (κ3) is 3.93. The Morgan fingerprint density at radius 2 is 2.35 bits per heavy atom. The van der Waals surface area contributed by atoms with Gasteiger partial charge in [-0.2, -0.15) is 0 Å². The summed E-state index contributed by atoms with van der Waals surface area (Å²) in [6.07, 6.45) is 1.91. The van der Waals surface area contributed by atoms with Crippen LogP contribution in [0.5, 0.6) is 5.75 Å². The molecule has 1 aliphatic heterocycles. The van der Waals surface area contributed by atoms with E-state index in [1.54, 1.807) is 12.1 Å². The van der Waals surface area contributed by atoms with Crippen LogP contribution in [0.4, 0.5) is 4.39 Å². The number of likely N-dealkylation sites (tertiary alicyclic amines) is 1. The van der Waals surface area contributed by atoms with Crippen molar-refractivity contribution in [1.29, 1.82) is 0 Å². The number of benzene rings is 1. The van der Waals surface area contributed by atoms with E-state index >= 15 is 0 Å². The number of nitrogens with zero attached hydrogens (tertiary/aromatic N) is 1. The number of halogens is 1. The first-order valence-electron chi connectivity index (χ1n) is 6.85. The molecule has 0 radical (unpaired) electrons. The smallest absolute Gasteiger partial charge is 0.303 e. The molecule has 1 aliphatic rings. The first kappa shape index (κ1) is 14.8. The van der Waals surface area contributed by atoms with Gasteiger partial charge in [0.2, 0.25) is 0 Å². The van der Waals surface area contributed by atoms with Crippen molar-refractivity contribution in [3.8, 4) is 5.75 Å². The number of hydrogen-bond acceptors (Lipinski definition) is 3. The summed E-state index contributed by atoms with van der Waals surface area (Å²) >= 11 is 0. The van der Waals surface area contributed by atoms with Crippen LogP contribution < -0.4 is 4.74 Å². The fraction of sp³-hybridized carbons (Fsp3) is 0.533. The van der Waals surface area contributed by atoms with E-state index in [9.17, 15) is 9.18 Å². The molecule has 1 fully saturated rings. The van der Waals surface area contributed by atoms with Crippen LogP contribution >= 0.6 is 0 Å². The standard InChI is InChI=1S/C15H20FNO3/c1-20-13-4-3-12(14(16)8-13)10-17-7-6-11(9-17)2-5-15(18)19/h3-4,8,11H,2,5-7,9-10H2,1H3,(H,18,19). The van der Waals surface area contributed by atoms with E-state index in [0.717, 1.165) is 19.5 Å². The zero-order valence-corrected chi connectivity index (χ0v) is 11.6. The molecular weight excluding hydrogens is 261 g/mol. The Morgan fingerprint density at radius 3 is 3.00 bits per heavy atom. The lowest BCUT2D eigenvalue weighted by atomic mass is 10.0. The molecule has 0 aliphatic carbocycles. The molecule has 1 aromatic carbocycles. The van der Waals surface area contributed by atoms with E-state index in [2.05, 4.69) is 4.90 Å². The van der Waals surface area contributed by atoms with Gasteiger partial charge in [0.25, 0.3) is 0 Å². The van der Waals surface area contributed by atoms with Crippen LogP contribution in [-0.4, -0.2) is 36.2 Å². The van der Waals surface area contributed by atoms with E-state index in [-0.39, 0.29) is 12.2 Å². The van der Waals surface area contributed by atoms with Crippen molar-refractivity contribution < 1.29 is 19.0 Å². The summed E-state index contributed by atoms with van der Waals surface area (Å²) in [4.78, 5) is 12.7. The highest BCUT2D eigenvalue weighted by Gasteiger charge is 2.23. The van der Waals surface area contributed by atoms with E-state index in [0.29, 0.717) is 30.2 Å². The minimum Gasteiger partial charge on any atom is -0.497 e. The molecule has 1 unspecified atom stereocenters. The number of carbonyl (C=O) groups is 1. The van der Waals surface area contributed by atoms with Gasteiger partial charge in [0.1, 0.15) is 11.6 Å². The Morgan fingerprint density at radius 1 is 1.55 bits per heavy atom. The Bertz CT molecular complexity index is 478. The second-order valence-corrected chi connectivity index (χ2v) is 5.28. The van der Waals surface area contributed by atoms with Crippen molar-refractivity contribution in [1.82, 2.24) is 4.90 Å². The number of rotatable bonds is 6. The van der Waals surface area contributed by atoms with Gasteiger partial charge in [0.05, 0.1) is 7.11 Å². The zero-order chi connectivity index (χ0) is 14.5. The normalized spacial score (nSPS) is 19.2. The lowest BCUT2D eigenvalue weighted by molar-refractivity contribution is -0.137. The molecule has 4 nitrogen and oxygen atoms in total. The predicted octanol–water partition coefficient (Wildman–Crippen LogP) is 2.52. The molecule has 0 saturated carbocycles. The minimum absolute atomic E-state index is 0.218. The van der Waals surface area contributed by atoms with Crippen LogP contribution in [0.2, 0.25) is 0 Å². The first-order chi connectivity index (χ1) is 9.58. The summed E-state index contributed by atoms with van der Waals surface area (Å²) < 4.78 is 18.8. The molecular formula is C15H20FNO3. The van der Waals surface area contributed by atoms with Gasteiger partial charge in [-0.1, -0.05) is 6.07 Å². The van der Waals surface area contributed by atoms with E-state index in [1.807, 2.05) is 0 Å². The highest BCUT2D eigenvalue weighted by atomic mass is 19.1. The summed E-state index contributed by atoms with van der Waals surface area (Å²) in [5, 5.41) is 8.69. The quantitative estimate of drug-likeness (QED) is 0.870. The number of hydrogen-bond donors (Lipinski definition) is 1. The summed E-state index contributed by atoms with van der Waals surface area (Å²) in [5.74, 6) is -0.0672. The average molecular weight is 281 g/mol. The maximum absolute atomic E-state index is 13.9. The molecule has 0 spiro atoms. The molecule has 1 atom stereocenters. The largest absolute Gasteiger partial charge is 0.497 e. The maximum Gasteiger partial charge on any atom is 0.303 e. The first-order valence-corrected chi connectivity index (χ1v) is 6.85. The van der Waals surface area contributed by atoms with Gasteiger partial charge in [-0.25, -0.2) is 4.39 Å². The van der Waals surface area contributed by atoms with Gasteiger partial charge in [0.15, 0.2) is 0 Å². The molecule has 1 aromatic rings. The van der Waals surface area contributed by atoms with Gasteiger partial charge in [0, 0.05) is 31.1 Å². The van der Waals surface area contributed by atoms with Crippen LogP contribution in [-0.2, 0) is 11.3 Å². The van der Waals surface area contributed by atoms with Gasteiger partial charge >= 0.3 is 5.97 Å². The minimum atomic E-state index is -0.746. The molecule has 1 N–H and O–H groups in total. The second-order valence-electron chi connectivity index (χ2n) is 5.28. The number of carboxylic acids is 1. The molecule has 1 heterocycles. The zero-order valence-electron chi connectivity index (χ0n) is 11.6. The van der Waals surface area contributed by atoms with Gasteiger partial charge < -0.3 is 9.84 Å². The van der Waals surface area contributed by atoms with Gasteiger partial charge in [-0.3, -0.25) is 9.69 Å². The number of aliphatic carboxylic acids is 1. The molecule has 0 aromatic heterocycles. The highest BCUT2D eigenvalue weighted by molar-refractivity contribution is 5.66. The summed E-state index contributed by atoms with van der Waals surface area (Å²) in [6.45, 7) is 2.31. The van der Waals surface area contributed by atoms with Gasteiger partial charge in [-0.05, 0) is 31.4 Å². The van der Waals surface area contributed by atoms with Gasteiger partial charge in [-0.15, -0.1) is 0 Å². The Hall–Kier alpha value is -1.62. The number of ether oxygens (including phenoxy) is 1. The maximum atomic E-state index is 13.9. The second kappa shape index (κ2) is 6.70. The summed E-state index contributed by atoms with van der Waals surface area (Å²) in [7, 11) is 1.52. The van der Waals surface area contributed by atoms with Crippen LogP contribution in [0.3, 0.4) is 0 Å². The Labute approximate surface area is 118 Å². The van der Waals surface area contributed by atoms with E-state index < -0.39 is 5.97 Å². The molecule has 2 rings (SSSR count). The van der Waals surface area contributed by atoms with Crippen molar-refractivity contribution in [2.75, 3.05) is 20.2 Å². The van der Waals surface area contributed by atoms with Crippen LogP contribution in [0.1, 0.15) is 24.8 Å². The topological polar surface area (TPSA) is 49.8 Å². The molecule has 110 valence electrons. The Kier molecular flexibility index (Phi) is 4.95. The SMILES string of the molecule is COc1ccc(CN2CCC(CCC(=O)O)C2)c(F)c1. The number of methoxy groups -OCH3 is 1. The molecule has 0 bridgehead atoms. The average Bonchev–Trinajstić information content (AvgIpc) is 2.86. The molecule has 20 heavy (non-hydrogen) atoms. The molecule has 0 amide bonds. The van der Waals surface area contributed by atoms with Crippen molar-refractivity contribution in [2.45, 2.75) is 25.8 Å². The van der Waals surface area contributed by atoms with E-state index in [1.165, 1.54) is 13.2 Å². The van der Waals surface area contributed by atoms with Crippen LogP contribution in [0.25, 0.3) is 0 Å². The summed E-state index contributed by atoms with van der Waals surface area (Å²) in [5.41, 5.74) is 0.657. The van der Waals surface area contributed by atoms with E-state index in [4.69, 9.17) is 9.84 Å². The van der Waals surface area contributed by atoms with Crippen molar-refractivity contribution >= 4 is 5.97 Å². The molecule has 5 heteroatoms. The fourth-order valence-electron chi connectivity index (χ4n) is 2.64. The lowest BCUT2D eigenvalue weighted by Crippen LogP contribution is -2.21. The van der Waals surface area contributed by atoms with Crippen LogP contribution in [0, 0.1) is 11.7 Å². The molecule has 1 saturated heterocycles. The van der Waals surface area contributed by atoms with Crippen molar-refractivity contribution in [2.24, 2.45) is 5.92 Å². The third-order valence-corrected chi connectivity index (χ3v) is 3.79. The fourth-order valence-corrected chi connectivity index (χ4v) is 2.64. The summed E-state index contributed by atoms with van der Waals surface area (Å²) in [6, 6.07) is 4.91. The highest BCUT2D eigenvalue weighted by Crippen LogP contribution is 2.24. The Balaban J connectivity index is 1.87. The van der Waals surface area contributed by atoms with Crippen molar-refractivity contribution in [3.63, 3.8) is 0 Å². The number of carboxylic acid groups (broad SMARTS) is 1.